The van der Waals surface area contributed by atoms with Crippen molar-refractivity contribution >= 4 is 23.8 Å². The summed E-state index contributed by atoms with van der Waals surface area (Å²) in [6.07, 6.45) is 0. The zero-order valence-electron chi connectivity index (χ0n) is 16.7. The minimum atomic E-state index is -0.435. The molecule has 1 rings (SSSR count). The van der Waals surface area contributed by atoms with Gasteiger partial charge in [0.05, 0.1) is 6.54 Å². The Labute approximate surface area is 165 Å². The number of aliphatic hydroxyl groups is 1. The molecule has 4 amide bonds. The SMILES string of the molecule is C=C(C)C(=O)NCO.C=C(C)C(=O)OCCN1CCNC1=O.C=C(C)C(N)=O. The predicted octanol–water partition coefficient (Wildman–Crippen LogP) is -0.193. The Hall–Kier alpha value is -3.14. The van der Waals surface area contributed by atoms with Crippen LogP contribution in [0.3, 0.4) is 0 Å². The van der Waals surface area contributed by atoms with E-state index >= 15 is 0 Å². The first kappa shape index (κ1) is 27.1. The van der Waals surface area contributed by atoms with E-state index in [-0.39, 0.29) is 25.3 Å². The molecule has 0 saturated carbocycles. The molecule has 1 aliphatic heterocycles. The van der Waals surface area contributed by atoms with Gasteiger partial charge in [-0.1, -0.05) is 19.7 Å². The molecule has 5 N–H and O–H groups in total. The highest BCUT2D eigenvalue weighted by atomic mass is 16.5. The number of nitrogens with one attached hydrogen (secondary N) is 2. The predicted molar refractivity (Wildman–Crippen MR) is 105 cm³/mol. The maximum atomic E-state index is 11.0. The second-order valence-corrected chi connectivity index (χ2v) is 5.72. The van der Waals surface area contributed by atoms with Gasteiger partial charge in [0.25, 0.3) is 0 Å². The van der Waals surface area contributed by atoms with Crippen LogP contribution in [0.4, 0.5) is 4.79 Å². The van der Waals surface area contributed by atoms with E-state index in [4.69, 9.17) is 15.6 Å². The molecule has 0 unspecified atom stereocenters. The fourth-order valence-corrected chi connectivity index (χ4v) is 1.32. The quantitative estimate of drug-likeness (QED) is 0.265. The molecular formula is C18H30N4O6. The van der Waals surface area contributed by atoms with Crippen LogP contribution >= 0.6 is 0 Å². The van der Waals surface area contributed by atoms with Crippen molar-refractivity contribution in [1.29, 1.82) is 0 Å². The zero-order valence-corrected chi connectivity index (χ0v) is 16.7. The number of carbonyl (C=O) groups excluding carboxylic acids is 4. The summed E-state index contributed by atoms with van der Waals surface area (Å²) in [5, 5.41) is 12.9. The topological polar surface area (TPSA) is 151 Å². The summed E-state index contributed by atoms with van der Waals surface area (Å²) in [5.41, 5.74) is 5.87. The molecule has 0 aromatic rings. The van der Waals surface area contributed by atoms with Crippen LogP contribution in [0, 0.1) is 0 Å². The minimum Gasteiger partial charge on any atom is -0.460 e. The molecule has 0 radical (unpaired) electrons. The first-order valence-corrected chi connectivity index (χ1v) is 8.29. The van der Waals surface area contributed by atoms with Crippen molar-refractivity contribution in [3.63, 3.8) is 0 Å². The molecule has 0 bridgehead atoms. The molecule has 0 spiro atoms. The number of aliphatic hydroxyl groups excluding tert-OH is 1. The van der Waals surface area contributed by atoms with Crippen LogP contribution in [0.15, 0.2) is 36.5 Å². The summed E-state index contributed by atoms with van der Waals surface area (Å²) in [4.78, 5) is 43.8. The van der Waals surface area contributed by atoms with Crippen molar-refractivity contribution in [3.05, 3.63) is 36.5 Å². The van der Waals surface area contributed by atoms with Gasteiger partial charge in [0.15, 0.2) is 0 Å². The molecule has 28 heavy (non-hydrogen) atoms. The van der Waals surface area contributed by atoms with Gasteiger partial charge in [-0.3, -0.25) is 9.59 Å². The van der Waals surface area contributed by atoms with Gasteiger partial charge in [-0.15, -0.1) is 0 Å². The van der Waals surface area contributed by atoms with E-state index in [0.29, 0.717) is 36.4 Å². The lowest BCUT2D eigenvalue weighted by molar-refractivity contribution is -0.139. The van der Waals surface area contributed by atoms with Crippen LogP contribution in [-0.4, -0.2) is 66.8 Å². The number of nitrogens with zero attached hydrogens (tertiary/aromatic N) is 1. The Morgan fingerprint density at radius 2 is 1.71 bits per heavy atom. The van der Waals surface area contributed by atoms with Gasteiger partial charge in [0.2, 0.25) is 11.8 Å². The average molecular weight is 398 g/mol. The summed E-state index contributed by atoms with van der Waals surface area (Å²) in [7, 11) is 0. The second kappa shape index (κ2) is 15.0. The number of hydrogen-bond donors (Lipinski definition) is 4. The molecule has 0 aromatic heterocycles. The van der Waals surface area contributed by atoms with Gasteiger partial charge in [-0.2, -0.15) is 0 Å². The van der Waals surface area contributed by atoms with Gasteiger partial charge >= 0.3 is 12.0 Å². The molecular weight excluding hydrogens is 368 g/mol. The summed E-state index contributed by atoms with van der Waals surface area (Å²) >= 11 is 0. The van der Waals surface area contributed by atoms with E-state index < -0.39 is 11.9 Å². The molecule has 10 nitrogen and oxygen atoms in total. The molecule has 0 aromatic carbocycles. The number of carbonyl (C=O) groups is 4. The zero-order chi connectivity index (χ0) is 22.3. The van der Waals surface area contributed by atoms with E-state index in [2.05, 4.69) is 30.4 Å². The van der Waals surface area contributed by atoms with Gasteiger partial charge in [-0.05, 0) is 20.8 Å². The Morgan fingerprint density at radius 3 is 2.00 bits per heavy atom. The monoisotopic (exact) mass is 398 g/mol. The van der Waals surface area contributed by atoms with Crippen molar-refractivity contribution in [2.75, 3.05) is 33.0 Å². The van der Waals surface area contributed by atoms with E-state index in [1.165, 1.54) is 0 Å². The smallest absolute Gasteiger partial charge is 0.333 e. The van der Waals surface area contributed by atoms with Crippen molar-refractivity contribution in [3.8, 4) is 0 Å². The number of hydrogen-bond acceptors (Lipinski definition) is 6. The van der Waals surface area contributed by atoms with Gasteiger partial charge in [-0.25, -0.2) is 9.59 Å². The number of primary amides is 1. The molecule has 1 saturated heterocycles. The number of urea groups is 1. The molecule has 1 fully saturated rings. The van der Waals surface area contributed by atoms with Crippen LogP contribution in [0.2, 0.25) is 0 Å². The summed E-state index contributed by atoms with van der Waals surface area (Å²) < 4.78 is 4.85. The number of nitrogens with two attached hydrogens (primary N) is 1. The second-order valence-electron chi connectivity index (χ2n) is 5.72. The van der Waals surface area contributed by atoms with E-state index in [1.807, 2.05) is 0 Å². The van der Waals surface area contributed by atoms with E-state index in [1.54, 1.807) is 25.7 Å². The average Bonchev–Trinajstić information content (AvgIpc) is 3.01. The summed E-state index contributed by atoms with van der Waals surface area (Å²) in [5.74, 6) is -1.16. The van der Waals surface area contributed by atoms with Crippen molar-refractivity contribution in [2.24, 2.45) is 5.73 Å². The molecule has 0 atom stereocenters. The number of esters is 1. The maximum absolute atomic E-state index is 11.0. The molecule has 1 heterocycles. The lowest BCUT2D eigenvalue weighted by Gasteiger charge is -2.13. The Morgan fingerprint density at radius 1 is 1.18 bits per heavy atom. The van der Waals surface area contributed by atoms with Crippen molar-refractivity contribution in [1.82, 2.24) is 15.5 Å². The molecule has 1 aliphatic rings. The number of ether oxygens (including phenoxy) is 1. The third-order valence-corrected chi connectivity index (χ3v) is 2.94. The highest BCUT2D eigenvalue weighted by Gasteiger charge is 2.19. The summed E-state index contributed by atoms with van der Waals surface area (Å²) in [6, 6.07) is -0.101. The standard InChI is InChI=1S/C9H14N2O3.C5H9NO2.C4H7NO/c1-7(2)8(12)14-6-5-11-4-3-10-9(11)13;1-4(2)5(8)6-3-7;1-3(2)4(5)6/h1,3-6H2,2H3,(H,10,13);7H,1,3H2,2H3,(H,6,8);1H2,2H3,(H2,5,6). The molecule has 0 aliphatic carbocycles. The van der Waals surface area contributed by atoms with Crippen molar-refractivity contribution < 1.29 is 29.0 Å². The van der Waals surface area contributed by atoms with E-state index in [9.17, 15) is 19.2 Å². The molecule has 158 valence electrons. The normalized spacial score (nSPS) is 11.6. The van der Waals surface area contributed by atoms with Crippen molar-refractivity contribution in [2.45, 2.75) is 20.8 Å². The molecule has 10 heteroatoms. The van der Waals surface area contributed by atoms with Crippen LogP contribution in [0.25, 0.3) is 0 Å². The highest BCUT2D eigenvalue weighted by Crippen LogP contribution is 1.97. The number of amides is 4. The largest absolute Gasteiger partial charge is 0.460 e. The van der Waals surface area contributed by atoms with E-state index in [0.717, 1.165) is 0 Å². The van der Waals surface area contributed by atoms with Crippen LogP contribution in [0.1, 0.15) is 20.8 Å². The van der Waals surface area contributed by atoms with Crippen LogP contribution < -0.4 is 16.4 Å². The first-order chi connectivity index (χ1) is 12.9. The third-order valence-electron chi connectivity index (χ3n) is 2.94. The fraction of sp³-hybridized carbons (Fsp3) is 0.444. The Kier molecular flexibility index (Phi) is 14.5. The van der Waals surface area contributed by atoms with Crippen LogP contribution in [-0.2, 0) is 19.1 Å². The van der Waals surface area contributed by atoms with Gasteiger partial charge in [0, 0.05) is 29.8 Å². The first-order valence-electron chi connectivity index (χ1n) is 8.29. The lowest BCUT2D eigenvalue weighted by atomic mass is 10.3. The Balaban J connectivity index is 0. The number of rotatable bonds is 7. The summed E-state index contributed by atoms with van der Waals surface area (Å²) in [6.45, 7) is 16.5. The third kappa shape index (κ3) is 14.1. The lowest BCUT2D eigenvalue weighted by Crippen LogP contribution is -2.31. The highest BCUT2D eigenvalue weighted by molar-refractivity contribution is 5.92. The van der Waals surface area contributed by atoms with Crippen LogP contribution in [0.5, 0.6) is 0 Å². The van der Waals surface area contributed by atoms with Gasteiger partial charge < -0.3 is 31.1 Å². The maximum Gasteiger partial charge on any atom is 0.333 e. The van der Waals surface area contributed by atoms with Gasteiger partial charge in [0.1, 0.15) is 13.3 Å². The Bertz CT molecular complexity index is 603. The fourth-order valence-electron chi connectivity index (χ4n) is 1.32. The minimum absolute atomic E-state index is 0.101.